The predicted molar refractivity (Wildman–Crippen MR) is 113 cm³/mol. The highest BCUT2D eigenvalue weighted by molar-refractivity contribution is 5.86. The zero-order chi connectivity index (χ0) is 19.5. The van der Waals surface area contributed by atoms with Crippen LogP contribution >= 0.6 is 0 Å². The van der Waals surface area contributed by atoms with Gasteiger partial charge >= 0.3 is 0 Å². The van der Waals surface area contributed by atoms with Crippen molar-refractivity contribution in [1.82, 2.24) is 14.4 Å². The van der Waals surface area contributed by atoms with E-state index in [-0.39, 0.29) is 5.91 Å². The van der Waals surface area contributed by atoms with Crippen LogP contribution in [-0.4, -0.2) is 60.1 Å². The first-order chi connectivity index (χ1) is 13.7. The van der Waals surface area contributed by atoms with Crippen LogP contribution in [0.1, 0.15) is 38.5 Å². The molecule has 0 N–H and O–H groups in total. The molecule has 2 atom stereocenters. The number of fused-ring (bicyclic) bond motifs is 2. The highest BCUT2D eigenvalue weighted by atomic mass is 16.5. The quantitative estimate of drug-likeness (QED) is 0.762. The highest BCUT2D eigenvalue weighted by Gasteiger charge is 2.33. The van der Waals surface area contributed by atoms with E-state index >= 15 is 0 Å². The summed E-state index contributed by atoms with van der Waals surface area (Å²) in [6.45, 7) is 4.09. The standard InChI is InChI=1S/C23H33N3O2/c1-24(17-19-8-6-14-25-13-4-3-9-20(19)25)22(27)12-16-26-15-11-18-7-5-10-21(28-2)23(18)26/h5,7,10-11,15,19-20H,3-4,6,8-9,12-14,16-17H2,1-2H3/t19-,20+/m1/s1. The fraction of sp³-hybridized carbons (Fsp3) is 0.609. The second kappa shape index (κ2) is 8.56. The Morgan fingerprint density at radius 1 is 1.18 bits per heavy atom. The lowest BCUT2D eigenvalue weighted by Gasteiger charge is -2.45. The molecule has 0 bridgehead atoms. The number of para-hydroxylation sites is 1. The summed E-state index contributed by atoms with van der Waals surface area (Å²) in [5.41, 5.74) is 1.07. The molecule has 5 heteroatoms. The lowest BCUT2D eigenvalue weighted by atomic mass is 9.83. The number of carbonyl (C=O) groups is 1. The maximum Gasteiger partial charge on any atom is 0.224 e. The largest absolute Gasteiger partial charge is 0.495 e. The molecule has 0 unspecified atom stereocenters. The number of aryl methyl sites for hydroxylation is 1. The van der Waals surface area contributed by atoms with Gasteiger partial charge in [-0.3, -0.25) is 4.79 Å². The molecule has 2 aliphatic rings. The molecule has 28 heavy (non-hydrogen) atoms. The molecule has 0 radical (unpaired) electrons. The third kappa shape index (κ3) is 3.90. The summed E-state index contributed by atoms with van der Waals surface area (Å²) in [5.74, 6) is 1.74. The maximum absolute atomic E-state index is 12.8. The van der Waals surface area contributed by atoms with Gasteiger partial charge in [-0.1, -0.05) is 18.6 Å². The molecule has 3 heterocycles. The molecule has 2 aromatic rings. The maximum atomic E-state index is 12.8. The number of nitrogens with zero attached hydrogens (tertiary/aromatic N) is 3. The fourth-order valence-electron chi connectivity index (χ4n) is 5.23. The number of rotatable bonds is 6. The molecule has 0 aliphatic carbocycles. The van der Waals surface area contributed by atoms with Crippen molar-refractivity contribution in [2.24, 2.45) is 5.92 Å². The highest BCUT2D eigenvalue weighted by Crippen LogP contribution is 2.31. The summed E-state index contributed by atoms with van der Waals surface area (Å²) in [6.07, 6.45) is 9.11. The van der Waals surface area contributed by atoms with Gasteiger partial charge in [0.15, 0.2) is 0 Å². The average molecular weight is 384 g/mol. The molecular weight excluding hydrogens is 350 g/mol. The second-order valence-electron chi connectivity index (χ2n) is 8.43. The molecule has 0 saturated carbocycles. The summed E-state index contributed by atoms with van der Waals surface area (Å²) >= 11 is 0. The molecule has 152 valence electrons. The van der Waals surface area contributed by atoms with E-state index in [1.807, 2.05) is 24.1 Å². The zero-order valence-corrected chi connectivity index (χ0v) is 17.3. The van der Waals surface area contributed by atoms with Gasteiger partial charge in [-0.05, 0) is 56.8 Å². The van der Waals surface area contributed by atoms with Crippen molar-refractivity contribution < 1.29 is 9.53 Å². The van der Waals surface area contributed by atoms with Crippen LogP contribution in [0.3, 0.4) is 0 Å². The number of methoxy groups -OCH3 is 1. The van der Waals surface area contributed by atoms with Gasteiger partial charge in [0.1, 0.15) is 5.75 Å². The topological polar surface area (TPSA) is 37.7 Å². The van der Waals surface area contributed by atoms with Gasteiger partial charge in [-0.25, -0.2) is 0 Å². The number of carbonyl (C=O) groups excluding carboxylic acids is 1. The summed E-state index contributed by atoms with van der Waals surface area (Å²) in [7, 11) is 3.68. The Kier molecular flexibility index (Phi) is 5.90. The normalized spacial score (nSPS) is 22.8. The minimum atomic E-state index is 0.240. The van der Waals surface area contributed by atoms with Crippen LogP contribution in [0.2, 0.25) is 0 Å². The lowest BCUT2D eigenvalue weighted by molar-refractivity contribution is -0.131. The van der Waals surface area contributed by atoms with Gasteiger partial charge in [0, 0.05) is 44.2 Å². The fourth-order valence-corrected chi connectivity index (χ4v) is 5.23. The molecule has 0 spiro atoms. The van der Waals surface area contributed by atoms with Gasteiger partial charge in [-0.15, -0.1) is 0 Å². The van der Waals surface area contributed by atoms with Gasteiger partial charge in [0.2, 0.25) is 5.91 Å². The predicted octanol–water partition coefficient (Wildman–Crippen LogP) is 3.76. The number of hydrogen-bond acceptors (Lipinski definition) is 3. The van der Waals surface area contributed by atoms with Crippen LogP contribution in [-0.2, 0) is 11.3 Å². The molecule has 2 saturated heterocycles. The van der Waals surface area contributed by atoms with Crippen molar-refractivity contribution in [3.63, 3.8) is 0 Å². The first-order valence-corrected chi connectivity index (χ1v) is 10.8. The third-order valence-corrected chi connectivity index (χ3v) is 6.70. The summed E-state index contributed by atoms with van der Waals surface area (Å²) in [5, 5.41) is 1.15. The molecular formula is C23H33N3O2. The Morgan fingerprint density at radius 3 is 2.89 bits per heavy atom. The summed E-state index contributed by atoms with van der Waals surface area (Å²) < 4.78 is 7.65. The van der Waals surface area contributed by atoms with Crippen molar-refractivity contribution >= 4 is 16.8 Å². The van der Waals surface area contributed by atoms with Crippen LogP contribution in [0.5, 0.6) is 5.75 Å². The van der Waals surface area contributed by atoms with E-state index in [0.717, 1.165) is 23.2 Å². The summed E-state index contributed by atoms with van der Waals surface area (Å²) in [6, 6.07) is 8.84. The minimum Gasteiger partial charge on any atom is -0.495 e. The number of benzene rings is 1. The van der Waals surface area contributed by atoms with Gasteiger partial charge in [0.25, 0.3) is 0 Å². The Bertz CT molecular complexity index is 813. The van der Waals surface area contributed by atoms with Crippen LogP contribution in [0.15, 0.2) is 30.5 Å². The number of ether oxygens (including phenoxy) is 1. The molecule has 1 amide bonds. The number of aromatic nitrogens is 1. The monoisotopic (exact) mass is 383 g/mol. The van der Waals surface area contributed by atoms with E-state index in [0.29, 0.717) is 24.9 Å². The average Bonchev–Trinajstić information content (AvgIpc) is 3.15. The van der Waals surface area contributed by atoms with Crippen LogP contribution in [0.4, 0.5) is 0 Å². The van der Waals surface area contributed by atoms with E-state index in [1.54, 1.807) is 7.11 Å². The Balaban J connectivity index is 1.36. The van der Waals surface area contributed by atoms with Gasteiger partial charge < -0.3 is 19.1 Å². The van der Waals surface area contributed by atoms with E-state index in [1.165, 1.54) is 45.2 Å². The molecule has 2 aliphatic heterocycles. The van der Waals surface area contributed by atoms with Crippen LogP contribution < -0.4 is 4.74 Å². The first kappa shape index (κ1) is 19.3. The molecule has 2 fully saturated rings. The molecule has 1 aromatic carbocycles. The Hall–Kier alpha value is -2.01. The molecule has 1 aromatic heterocycles. The number of piperidine rings is 2. The minimum absolute atomic E-state index is 0.240. The number of hydrogen-bond donors (Lipinski definition) is 0. The van der Waals surface area contributed by atoms with Gasteiger partial charge in [-0.2, -0.15) is 0 Å². The van der Waals surface area contributed by atoms with Crippen molar-refractivity contribution in [2.75, 3.05) is 33.8 Å². The summed E-state index contributed by atoms with van der Waals surface area (Å²) in [4.78, 5) is 17.5. The third-order valence-electron chi connectivity index (χ3n) is 6.70. The van der Waals surface area contributed by atoms with E-state index in [2.05, 4.69) is 27.8 Å². The smallest absolute Gasteiger partial charge is 0.224 e. The number of amides is 1. The van der Waals surface area contributed by atoms with E-state index in [4.69, 9.17) is 4.74 Å². The van der Waals surface area contributed by atoms with Crippen molar-refractivity contribution in [2.45, 2.75) is 51.1 Å². The van der Waals surface area contributed by atoms with Crippen LogP contribution in [0, 0.1) is 5.92 Å². The van der Waals surface area contributed by atoms with Crippen molar-refractivity contribution in [1.29, 1.82) is 0 Å². The van der Waals surface area contributed by atoms with Gasteiger partial charge in [0.05, 0.1) is 12.6 Å². The SMILES string of the molecule is COc1cccc2ccn(CCC(=O)N(C)C[C@H]3CCCN4CCCC[C@@H]34)c12. The van der Waals surface area contributed by atoms with E-state index < -0.39 is 0 Å². The van der Waals surface area contributed by atoms with Crippen molar-refractivity contribution in [3.05, 3.63) is 30.5 Å². The first-order valence-electron chi connectivity index (χ1n) is 10.8. The molecule has 4 rings (SSSR count). The van der Waals surface area contributed by atoms with E-state index in [9.17, 15) is 4.79 Å². The Morgan fingerprint density at radius 2 is 2.04 bits per heavy atom. The zero-order valence-electron chi connectivity index (χ0n) is 17.3. The Labute approximate surface area is 168 Å². The van der Waals surface area contributed by atoms with Crippen LogP contribution in [0.25, 0.3) is 10.9 Å². The lowest BCUT2D eigenvalue weighted by Crippen LogP contribution is -2.51. The molecule has 5 nitrogen and oxygen atoms in total. The van der Waals surface area contributed by atoms with Crippen molar-refractivity contribution in [3.8, 4) is 5.75 Å². The second-order valence-corrected chi connectivity index (χ2v) is 8.43.